The standard InChI is InChI=1S/C11H20N2S2/c1-14-10-6-3-2-5-9(10)13-11-12-7-4-8-15-11/h9-10H,2-8H2,1H3,(H,12,13). The van der Waals surface area contributed by atoms with Crippen molar-refractivity contribution in [1.82, 2.24) is 5.32 Å². The van der Waals surface area contributed by atoms with Crippen LogP contribution in [0.3, 0.4) is 0 Å². The van der Waals surface area contributed by atoms with E-state index in [0.717, 1.165) is 11.8 Å². The Hall–Kier alpha value is 0.170. The van der Waals surface area contributed by atoms with Crippen molar-refractivity contribution < 1.29 is 0 Å². The van der Waals surface area contributed by atoms with Gasteiger partial charge in [-0.25, -0.2) is 0 Å². The molecule has 1 aliphatic heterocycles. The lowest BCUT2D eigenvalue weighted by Crippen LogP contribution is -2.43. The summed E-state index contributed by atoms with van der Waals surface area (Å²) in [7, 11) is 0. The fourth-order valence-electron chi connectivity index (χ4n) is 2.25. The van der Waals surface area contributed by atoms with E-state index in [0.29, 0.717) is 6.04 Å². The van der Waals surface area contributed by atoms with Crippen LogP contribution in [0.4, 0.5) is 0 Å². The molecule has 2 rings (SSSR count). The molecule has 2 aliphatic rings. The van der Waals surface area contributed by atoms with Crippen LogP contribution < -0.4 is 5.32 Å². The van der Waals surface area contributed by atoms with Crippen LogP contribution in [0, 0.1) is 0 Å². The average Bonchev–Trinajstić information content (AvgIpc) is 2.31. The molecule has 0 aromatic heterocycles. The molecule has 0 radical (unpaired) electrons. The highest BCUT2D eigenvalue weighted by Crippen LogP contribution is 2.28. The highest BCUT2D eigenvalue weighted by Gasteiger charge is 2.25. The summed E-state index contributed by atoms with van der Waals surface area (Å²) in [6.45, 7) is 1.02. The first-order valence-electron chi connectivity index (χ1n) is 5.87. The second kappa shape index (κ2) is 6.04. The third-order valence-corrected chi connectivity index (χ3v) is 5.29. The number of amidine groups is 1. The minimum atomic E-state index is 0.665. The Morgan fingerprint density at radius 1 is 1.33 bits per heavy atom. The summed E-state index contributed by atoms with van der Waals surface area (Å²) in [5.74, 6) is 1.24. The zero-order valence-electron chi connectivity index (χ0n) is 9.37. The molecular weight excluding hydrogens is 224 g/mol. The normalized spacial score (nSPS) is 32.2. The van der Waals surface area contributed by atoms with Crippen molar-refractivity contribution in [2.75, 3.05) is 18.6 Å². The van der Waals surface area contributed by atoms with E-state index in [1.54, 1.807) is 0 Å². The Bertz CT molecular complexity index is 231. The van der Waals surface area contributed by atoms with Crippen molar-refractivity contribution in [2.24, 2.45) is 4.99 Å². The van der Waals surface area contributed by atoms with Crippen LogP contribution in [0.25, 0.3) is 0 Å². The van der Waals surface area contributed by atoms with Crippen LogP contribution in [0.2, 0.25) is 0 Å². The number of hydrogen-bond donors (Lipinski definition) is 1. The van der Waals surface area contributed by atoms with Crippen LogP contribution in [-0.2, 0) is 0 Å². The molecule has 1 saturated carbocycles. The van der Waals surface area contributed by atoms with E-state index in [2.05, 4.69) is 16.6 Å². The molecule has 0 aromatic carbocycles. The fraction of sp³-hybridized carbons (Fsp3) is 0.909. The van der Waals surface area contributed by atoms with E-state index in [1.807, 2.05) is 23.5 Å². The molecule has 0 aromatic rings. The van der Waals surface area contributed by atoms with Gasteiger partial charge in [0.25, 0.3) is 0 Å². The lowest BCUT2D eigenvalue weighted by Gasteiger charge is -2.32. The van der Waals surface area contributed by atoms with E-state index in [-0.39, 0.29) is 0 Å². The second-order valence-electron chi connectivity index (χ2n) is 4.20. The molecule has 86 valence electrons. The zero-order chi connectivity index (χ0) is 10.5. The maximum Gasteiger partial charge on any atom is 0.156 e. The van der Waals surface area contributed by atoms with Crippen molar-refractivity contribution >= 4 is 28.7 Å². The largest absolute Gasteiger partial charge is 0.361 e. The number of thioether (sulfide) groups is 2. The van der Waals surface area contributed by atoms with Crippen molar-refractivity contribution in [3.63, 3.8) is 0 Å². The Morgan fingerprint density at radius 2 is 2.20 bits per heavy atom. The highest BCUT2D eigenvalue weighted by atomic mass is 32.2. The predicted molar refractivity (Wildman–Crippen MR) is 72.1 cm³/mol. The van der Waals surface area contributed by atoms with Crippen molar-refractivity contribution in [1.29, 1.82) is 0 Å². The lowest BCUT2D eigenvalue weighted by atomic mass is 9.95. The molecule has 0 saturated heterocycles. The van der Waals surface area contributed by atoms with Gasteiger partial charge in [0, 0.05) is 23.6 Å². The van der Waals surface area contributed by atoms with Crippen molar-refractivity contribution in [2.45, 2.75) is 43.4 Å². The van der Waals surface area contributed by atoms with Crippen LogP contribution in [0.5, 0.6) is 0 Å². The molecule has 1 fully saturated rings. The van der Waals surface area contributed by atoms with Crippen LogP contribution in [-0.4, -0.2) is 35.0 Å². The van der Waals surface area contributed by atoms with Crippen LogP contribution in [0.1, 0.15) is 32.1 Å². The number of hydrogen-bond acceptors (Lipinski definition) is 4. The van der Waals surface area contributed by atoms with Gasteiger partial charge in [0.05, 0.1) is 0 Å². The topological polar surface area (TPSA) is 24.4 Å². The molecule has 1 heterocycles. The second-order valence-corrected chi connectivity index (χ2v) is 6.36. The molecule has 0 bridgehead atoms. The van der Waals surface area contributed by atoms with Crippen LogP contribution in [0.15, 0.2) is 4.99 Å². The van der Waals surface area contributed by atoms with Crippen molar-refractivity contribution in [3.8, 4) is 0 Å². The van der Waals surface area contributed by atoms with E-state index in [1.165, 1.54) is 43.0 Å². The van der Waals surface area contributed by atoms with Gasteiger partial charge in [-0.2, -0.15) is 11.8 Å². The zero-order valence-corrected chi connectivity index (χ0v) is 11.0. The molecule has 15 heavy (non-hydrogen) atoms. The maximum atomic E-state index is 4.55. The monoisotopic (exact) mass is 244 g/mol. The molecule has 2 atom stereocenters. The Labute approximate surface area is 101 Å². The first-order chi connectivity index (χ1) is 7.40. The van der Waals surface area contributed by atoms with E-state index >= 15 is 0 Å². The minimum absolute atomic E-state index is 0.665. The summed E-state index contributed by atoms with van der Waals surface area (Å²) in [6.07, 6.45) is 8.96. The van der Waals surface area contributed by atoms with Gasteiger partial charge in [0.1, 0.15) is 0 Å². The van der Waals surface area contributed by atoms with Gasteiger partial charge in [0.2, 0.25) is 0 Å². The highest BCUT2D eigenvalue weighted by molar-refractivity contribution is 8.13. The molecule has 2 nitrogen and oxygen atoms in total. The van der Waals surface area contributed by atoms with Crippen molar-refractivity contribution in [3.05, 3.63) is 0 Å². The molecule has 2 unspecified atom stereocenters. The molecule has 0 spiro atoms. The lowest BCUT2D eigenvalue weighted by molar-refractivity contribution is 0.426. The summed E-state index contributed by atoms with van der Waals surface area (Å²) < 4.78 is 0. The fourth-order valence-corrected chi connectivity index (χ4v) is 4.07. The summed E-state index contributed by atoms with van der Waals surface area (Å²) in [4.78, 5) is 4.55. The summed E-state index contributed by atoms with van der Waals surface area (Å²) >= 11 is 3.91. The summed E-state index contributed by atoms with van der Waals surface area (Å²) in [5, 5.41) is 5.65. The van der Waals surface area contributed by atoms with Crippen LogP contribution >= 0.6 is 23.5 Å². The number of nitrogens with zero attached hydrogens (tertiary/aromatic N) is 1. The average molecular weight is 244 g/mol. The number of nitrogens with one attached hydrogen (secondary N) is 1. The predicted octanol–water partition coefficient (Wildman–Crippen LogP) is 2.74. The quantitative estimate of drug-likeness (QED) is 0.808. The smallest absolute Gasteiger partial charge is 0.156 e. The van der Waals surface area contributed by atoms with Gasteiger partial charge >= 0.3 is 0 Å². The third kappa shape index (κ3) is 3.31. The Balaban J connectivity index is 1.88. The van der Waals surface area contributed by atoms with E-state index in [4.69, 9.17) is 0 Å². The van der Waals surface area contributed by atoms with Gasteiger partial charge in [-0.05, 0) is 25.5 Å². The molecule has 1 N–H and O–H groups in total. The van der Waals surface area contributed by atoms with E-state index in [9.17, 15) is 0 Å². The Morgan fingerprint density at radius 3 is 2.93 bits per heavy atom. The van der Waals surface area contributed by atoms with E-state index < -0.39 is 0 Å². The summed E-state index contributed by atoms with van der Waals surface area (Å²) in [5.41, 5.74) is 0. The molecule has 0 amide bonds. The van der Waals surface area contributed by atoms with Gasteiger partial charge in [-0.15, -0.1) is 0 Å². The Kier molecular flexibility index (Phi) is 4.69. The first-order valence-corrected chi connectivity index (χ1v) is 8.14. The number of rotatable bonds is 2. The number of aliphatic imine (C=N–C) groups is 1. The molecular formula is C11H20N2S2. The minimum Gasteiger partial charge on any atom is -0.361 e. The SMILES string of the molecule is CSC1CCCCC1NC1=NCCCS1. The first kappa shape index (κ1) is 11.6. The van der Waals surface area contributed by atoms with Gasteiger partial charge in [-0.1, -0.05) is 24.6 Å². The van der Waals surface area contributed by atoms with Gasteiger partial charge in [0.15, 0.2) is 5.17 Å². The van der Waals surface area contributed by atoms with Gasteiger partial charge in [-0.3, -0.25) is 4.99 Å². The van der Waals surface area contributed by atoms with Gasteiger partial charge < -0.3 is 5.32 Å². The maximum absolute atomic E-state index is 4.55. The molecule has 1 aliphatic carbocycles. The molecule has 4 heteroatoms. The summed E-state index contributed by atoms with van der Waals surface area (Å²) in [6, 6.07) is 0.665. The third-order valence-electron chi connectivity index (χ3n) is 3.11.